The lowest BCUT2D eigenvalue weighted by Crippen LogP contribution is -2.40. The molecule has 19 heavy (non-hydrogen) atoms. The zero-order valence-corrected chi connectivity index (χ0v) is 11.7. The number of likely N-dealkylation sites (tertiary alicyclic amines) is 1. The third-order valence-corrected chi connectivity index (χ3v) is 4.05. The largest absolute Gasteiger partial charge is 0.411 e. The van der Waals surface area contributed by atoms with Crippen LogP contribution in [0.25, 0.3) is 0 Å². The summed E-state index contributed by atoms with van der Waals surface area (Å²) >= 11 is 6.04. The fourth-order valence-electron chi connectivity index (χ4n) is 2.53. The molecule has 3 nitrogen and oxygen atoms in total. The Bertz CT molecular complexity index is 458. The fourth-order valence-corrected chi connectivity index (χ4v) is 2.75. The van der Waals surface area contributed by atoms with Crippen LogP contribution in [0, 0.1) is 11.7 Å². The van der Waals surface area contributed by atoms with E-state index in [1.165, 1.54) is 6.07 Å². The number of nitrogens with zero attached hydrogens (tertiary/aromatic N) is 2. The molecule has 0 saturated carbocycles. The minimum absolute atomic E-state index is 0.240. The summed E-state index contributed by atoms with van der Waals surface area (Å²) in [7, 11) is 0. The van der Waals surface area contributed by atoms with Crippen LogP contribution >= 0.6 is 11.6 Å². The van der Waals surface area contributed by atoms with Crippen molar-refractivity contribution in [3.63, 3.8) is 0 Å². The van der Waals surface area contributed by atoms with E-state index >= 15 is 0 Å². The standard InChI is InChI=1S/C14H18ClFN2O/c1-2-10-8-18(7-6-14(10)17-19)9-11-12(15)4-3-5-13(11)16/h3-5,10,19H,2,6-9H2,1H3/b17-14+. The Labute approximate surface area is 117 Å². The monoisotopic (exact) mass is 284 g/mol. The third kappa shape index (κ3) is 3.25. The van der Waals surface area contributed by atoms with Gasteiger partial charge < -0.3 is 5.21 Å². The molecule has 104 valence electrons. The van der Waals surface area contributed by atoms with E-state index in [9.17, 15) is 4.39 Å². The van der Waals surface area contributed by atoms with E-state index in [2.05, 4.69) is 17.0 Å². The second kappa shape index (κ2) is 6.35. The first-order valence-electron chi connectivity index (χ1n) is 6.51. The number of rotatable bonds is 3. The summed E-state index contributed by atoms with van der Waals surface area (Å²) in [5.41, 5.74) is 1.39. The Balaban J connectivity index is 2.09. The van der Waals surface area contributed by atoms with Gasteiger partial charge in [-0.2, -0.15) is 0 Å². The van der Waals surface area contributed by atoms with Gasteiger partial charge in [-0.3, -0.25) is 4.90 Å². The highest BCUT2D eigenvalue weighted by Crippen LogP contribution is 2.24. The van der Waals surface area contributed by atoms with Crippen LogP contribution in [0.4, 0.5) is 4.39 Å². The molecule has 0 bridgehead atoms. The molecule has 1 aliphatic rings. The molecule has 1 aromatic rings. The van der Waals surface area contributed by atoms with Crippen molar-refractivity contribution in [1.29, 1.82) is 0 Å². The van der Waals surface area contributed by atoms with Crippen molar-refractivity contribution in [2.24, 2.45) is 11.1 Å². The molecule has 1 atom stereocenters. The quantitative estimate of drug-likeness (QED) is 0.681. The molecule has 1 heterocycles. The molecule has 1 aliphatic heterocycles. The predicted octanol–water partition coefficient (Wildman–Crippen LogP) is 3.54. The summed E-state index contributed by atoms with van der Waals surface area (Å²) in [4.78, 5) is 2.16. The Kier molecular flexibility index (Phi) is 4.77. The van der Waals surface area contributed by atoms with Gasteiger partial charge in [0.05, 0.1) is 5.71 Å². The predicted molar refractivity (Wildman–Crippen MR) is 74.3 cm³/mol. The zero-order chi connectivity index (χ0) is 13.8. The molecular weight excluding hydrogens is 267 g/mol. The highest BCUT2D eigenvalue weighted by atomic mass is 35.5. The van der Waals surface area contributed by atoms with Gasteiger partial charge in [0.15, 0.2) is 0 Å². The van der Waals surface area contributed by atoms with Crippen molar-refractivity contribution >= 4 is 17.3 Å². The van der Waals surface area contributed by atoms with Crippen molar-refractivity contribution in [3.8, 4) is 0 Å². The molecule has 0 spiro atoms. The molecule has 5 heteroatoms. The first-order valence-corrected chi connectivity index (χ1v) is 6.89. The number of hydrogen-bond acceptors (Lipinski definition) is 3. The smallest absolute Gasteiger partial charge is 0.129 e. The minimum Gasteiger partial charge on any atom is -0.411 e. The van der Waals surface area contributed by atoms with E-state index in [-0.39, 0.29) is 11.7 Å². The van der Waals surface area contributed by atoms with E-state index < -0.39 is 0 Å². The van der Waals surface area contributed by atoms with E-state index in [4.69, 9.17) is 16.8 Å². The zero-order valence-electron chi connectivity index (χ0n) is 10.9. The Hall–Kier alpha value is -1.13. The summed E-state index contributed by atoms with van der Waals surface area (Å²) < 4.78 is 13.8. The maximum atomic E-state index is 13.8. The van der Waals surface area contributed by atoms with Crippen LogP contribution in [0.5, 0.6) is 0 Å². The average molecular weight is 285 g/mol. The van der Waals surface area contributed by atoms with E-state index in [0.717, 1.165) is 31.6 Å². The summed E-state index contributed by atoms with van der Waals surface area (Å²) in [6, 6.07) is 4.76. The number of oxime groups is 1. The van der Waals surface area contributed by atoms with Gasteiger partial charge in [-0.25, -0.2) is 4.39 Å². The first kappa shape index (κ1) is 14.3. The lowest BCUT2D eigenvalue weighted by molar-refractivity contribution is 0.218. The van der Waals surface area contributed by atoms with Crippen LogP contribution in [-0.4, -0.2) is 28.9 Å². The molecule has 1 aromatic carbocycles. The molecule has 1 unspecified atom stereocenters. The molecular formula is C14H18ClFN2O. The summed E-state index contributed by atoms with van der Waals surface area (Å²) in [5, 5.41) is 12.8. The van der Waals surface area contributed by atoms with Gasteiger partial charge in [-0.05, 0) is 18.6 Å². The summed E-state index contributed by atoms with van der Waals surface area (Å²) in [6.45, 7) is 4.11. The molecule has 0 aromatic heterocycles. The van der Waals surface area contributed by atoms with Crippen LogP contribution in [-0.2, 0) is 6.54 Å². The van der Waals surface area contributed by atoms with Crippen molar-refractivity contribution < 1.29 is 9.60 Å². The maximum Gasteiger partial charge on any atom is 0.129 e. The van der Waals surface area contributed by atoms with Gasteiger partial charge in [-0.15, -0.1) is 0 Å². The SMILES string of the molecule is CCC1CN(Cc2c(F)cccc2Cl)CC/C1=N\O. The topological polar surface area (TPSA) is 35.8 Å². The highest BCUT2D eigenvalue weighted by Gasteiger charge is 2.25. The van der Waals surface area contributed by atoms with Gasteiger partial charge >= 0.3 is 0 Å². The van der Waals surface area contributed by atoms with E-state index in [1.807, 2.05) is 0 Å². The summed E-state index contributed by atoms with van der Waals surface area (Å²) in [6.07, 6.45) is 1.64. The molecule has 0 amide bonds. The minimum atomic E-state index is -0.262. The van der Waals surface area contributed by atoms with E-state index in [1.54, 1.807) is 12.1 Å². The van der Waals surface area contributed by atoms with Crippen LogP contribution in [0.3, 0.4) is 0 Å². The van der Waals surface area contributed by atoms with Gasteiger partial charge in [0.25, 0.3) is 0 Å². The number of hydrogen-bond donors (Lipinski definition) is 1. The number of piperidine rings is 1. The Morgan fingerprint density at radius 2 is 2.32 bits per heavy atom. The highest BCUT2D eigenvalue weighted by molar-refractivity contribution is 6.31. The number of benzene rings is 1. The van der Waals surface area contributed by atoms with Gasteiger partial charge in [0, 0.05) is 42.6 Å². The molecule has 0 radical (unpaired) electrons. The molecule has 1 N–H and O–H groups in total. The second-order valence-electron chi connectivity index (χ2n) is 4.88. The van der Waals surface area contributed by atoms with Gasteiger partial charge in [-0.1, -0.05) is 29.7 Å². The second-order valence-corrected chi connectivity index (χ2v) is 5.29. The Morgan fingerprint density at radius 1 is 1.53 bits per heavy atom. The molecule has 1 saturated heterocycles. The lowest BCUT2D eigenvalue weighted by Gasteiger charge is -2.33. The molecule has 2 rings (SSSR count). The molecule has 1 fully saturated rings. The van der Waals surface area contributed by atoms with Crippen LogP contribution in [0.15, 0.2) is 23.4 Å². The lowest BCUT2D eigenvalue weighted by atomic mass is 9.93. The van der Waals surface area contributed by atoms with Crippen molar-refractivity contribution in [2.45, 2.75) is 26.3 Å². The first-order chi connectivity index (χ1) is 9.15. The van der Waals surface area contributed by atoms with Gasteiger partial charge in [0.1, 0.15) is 5.82 Å². The van der Waals surface area contributed by atoms with Crippen LogP contribution in [0.1, 0.15) is 25.3 Å². The maximum absolute atomic E-state index is 13.8. The van der Waals surface area contributed by atoms with Crippen molar-refractivity contribution in [3.05, 3.63) is 34.6 Å². The van der Waals surface area contributed by atoms with Crippen molar-refractivity contribution in [2.75, 3.05) is 13.1 Å². The van der Waals surface area contributed by atoms with E-state index in [0.29, 0.717) is 17.1 Å². The number of halogens is 2. The third-order valence-electron chi connectivity index (χ3n) is 3.70. The fraction of sp³-hybridized carbons (Fsp3) is 0.500. The average Bonchev–Trinajstić information content (AvgIpc) is 2.42. The normalized spacial score (nSPS) is 22.9. The summed E-state index contributed by atoms with van der Waals surface area (Å²) in [5.74, 6) is -0.0218. The Morgan fingerprint density at radius 3 is 2.95 bits per heavy atom. The van der Waals surface area contributed by atoms with Crippen molar-refractivity contribution in [1.82, 2.24) is 4.90 Å². The van der Waals surface area contributed by atoms with Gasteiger partial charge in [0.2, 0.25) is 0 Å². The van der Waals surface area contributed by atoms with Crippen LogP contribution in [0.2, 0.25) is 5.02 Å². The molecule has 0 aliphatic carbocycles. The van der Waals surface area contributed by atoms with Crippen LogP contribution < -0.4 is 0 Å².